The van der Waals surface area contributed by atoms with Gasteiger partial charge in [0.1, 0.15) is 6.10 Å². The first-order valence-corrected chi connectivity index (χ1v) is 6.71. The molecule has 1 aromatic carbocycles. The molecule has 1 aliphatic carbocycles. The number of rotatable bonds is 3. The zero-order valence-electron chi connectivity index (χ0n) is 9.84. The molecule has 2 rings (SSSR count). The Hall–Kier alpha value is -1.14. The van der Waals surface area contributed by atoms with Crippen LogP contribution in [0, 0.1) is 10.1 Å². The van der Waals surface area contributed by atoms with Gasteiger partial charge in [-0.05, 0) is 37.8 Å². The molecule has 2 unspecified atom stereocenters. The van der Waals surface area contributed by atoms with Crippen LogP contribution >= 0.6 is 15.9 Å². The van der Waals surface area contributed by atoms with E-state index in [1.807, 2.05) is 0 Å². The van der Waals surface area contributed by atoms with Crippen LogP contribution in [-0.2, 0) is 0 Å². The maximum Gasteiger partial charge on any atom is 0.312 e. The van der Waals surface area contributed by atoms with Crippen molar-refractivity contribution in [2.45, 2.75) is 37.8 Å². The van der Waals surface area contributed by atoms with Gasteiger partial charge in [0.05, 0.1) is 4.92 Å². The first-order chi connectivity index (χ1) is 8.56. The van der Waals surface area contributed by atoms with Crippen LogP contribution in [0.3, 0.4) is 0 Å². The quantitative estimate of drug-likeness (QED) is 0.687. The standard InChI is InChI=1S/C12H15BrN2O3/c13-8-4-5-12(11(6-8)15(16)17)18-10-3-1-2-9(14)7-10/h4-6,9-10H,1-3,7,14H2. The fourth-order valence-corrected chi connectivity index (χ4v) is 2.55. The second-order valence-electron chi connectivity index (χ2n) is 4.54. The number of hydrogen-bond donors (Lipinski definition) is 1. The van der Waals surface area contributed by atoms with Gasteiger partial charge in [-0.2, -0.15) is 0 Å². The topological polar surface area (TPSA) is 78.4 Å². The zero-order valence-corrected chi connectivity index (χ0v) is 11.4. The van der Waals surface area contributed by atoms with Crippen LogP contribution < -0.4 is 10.5 Å². The van der Waals surface area contributed by atoms with E-state index >= 15 is 0 Å². The molecular formula is C12H15BrN2O3. The Labute approximate surface area is 114 Å². The SMILES string of the molecule is NC1CCCC(Oc2ccc(Br)cc2[N+](=O)[O-])C1. The van der Waals surface area contributed by atoms with Gasteiger partial charge in [-0.15, -0.1) is 0 Å². The maximum atomic E-state index is 11.0. The fraction of sp³-hybridized carbons (Fsp3) is 0.500. The predicted octanol–water partition coefficient (Wildman–Crippen LogP) is 3.01. The largest absolute Gasteiger partial charge is 0.483 e. The molecule has 0 saturated heterocycles. The highest BCUT2D eigenvalue weighted by Gasteiger charge is 2.24. The maximum absolute atomic E-state index is 11.0. The summed E-state index contributed by atoms with van der Waals surface area (Å²) in [7, 11) is 0. The second-order valence-corrected chi connectivity index (χ2v) is 5.45. The van der Waals surface area contributed by atoms with Crippen molar-refractivity contribution in [2.75, 3.05) is 0 Å². The van der Waals surface area contributed by atoms with E-state index in [2.05, 4.69) is 15.9 Å². The summed E-state index contributed by atoms with van der Waals surface area (Å²) < 4.78 is 6.40. The van der Waals surface area contributed by atoms with Crippen molar-refractivity contribution in [3.05, 3.63) is 32.8 Å². The lowest BCUT2D eigenvalue weighted by Gasteiger charge is -2.27. The smallest absolute Gasteiger partial charge is 0.312 e. The van der Waals surface area contributed by atoms with Gasteiger partial charge in [-0.1, -0.05) is 15.9 Å². The summed E-state index contributed by atoms with van der Waals surface area (Å²) in [5, 5.41) is 11.0. The van der Waals surface area contributed by atoms with Gasteiger partial charge in [0.25, 0.3) is 0 Å². The number of nitrogens with zero attached hydrogens (tertiary/aromatic N) is 1. The summed E-state index contributed by atoms with van der Waals surface area (Å²) in [4.78, 5) is 10.5. The molecule has 0 radical (unpaired) electrons. The van der Waals surface area contributed by atoms with E-state index in [1.54, 1.807) is 12.1 Å². The van der Waals surface area contributed by atoms with Crippen molar-refractivity contribution in [1.29, 1.82) is 0 Å². The van der Waals surface area contributed by atoms with Gasteiger partial charge in [-0.3, -0.25) is 10.1 Å². The molecule has 1 saturated carbocycles. The highest BCUT2D eigenvalue weighted by atomic mass is 79.9. The van der Waals surface area contributed by atoms with E-state index in [9.17, 15) is 10.1 Å². The molecule has 0 aromatic heterocycles. The van der Waals surface area contributed by atoms with E-state index in [1.165, 1.54) is 6.07 Å². The minimum Gasteiger partial charge on any atom is -0.483 e. The van der Waals surface area contributed by atoms with Gasteiger partial charge in [0.2, 0.25) is 0 Å². The van der Waals surface area contributed by atoms with Crippen LogP contribution in [0.4, 0.5) is 5.69 Å². The summed E-state index contributed by atoms with van der Waals surface area (Å²) >= 11 is 3.22. The molecule has 1 fully saturated rings. The highest BCUT2D eigenvalue weighted by Crippen LogP contribution is 2.32. The lowest BCUT2D eigenvalue weighted by Crippen LogP contribution is -2.33. The van der Waals surface area contributed by atoms with Crippen LogP contribution in [-0.4, -0.2) is 17.1 Å². The molecular weight excluding hydrogens is 300 g/mol. The van der Waals surface area contributed by atoms with Crippen LogP contribution in [0.15, 0.2) is 22.7 Å². The van der Waals surface area contributed by atoms with Crippen molar-refractivity contribution in [1.82, 2.24) is 0 Å². The van der Waals surface area contributed by atoms with Crippen molar-refractivity contribution in [3.63, 3.8) is 0 Å². The van der Waals surface area contributed by atoms with Crippen molar-refractivity contribution in [3.8, 4) is 5.75 Å². The number of ether oxygens (including phenoxy) is 1. The average molecular weight is 315 g/mol. The minimum atomic E-state index is -0.428. The Morgan fingerprint density at radius 1 is 1.44 bits per heavy atom. The number of nitro groups is 1. The van der Waals surface area contributed by atoms with Gasteiger partial charge >= 0.3 is 5.69 Å². The molecule has 1 aliphatic rings. The molecule has 2 N–H and O–H groups in total. The Balaban J connectivity index is 2.15. The molecule has 1 aromatic rings. The number of halogens is 1. The Morgan fingerprint density at radius 3 is 2.89 bits per heavy atom. The van der Waals surface area contributed by atoms with Crippen molar-refractivity contribution < 1.29 is 9.66 Å². The molecule has 0 aliphatic heterocycles. The minimum absolute atomic E-state index is 0.0106. The first kappa shape index (κ1) is 13.3. The van der Waals surface area contributed by atoms with Gasteiger partial charge in [-0.25, -0.2) is 0 Å². The third-order valence-corrected chi connectivity index (χ3v) is 3.57. The van der Waals surface area contributed by atoms with E-state index in [0.29, 0.717) is 10.2 Å². The number of nitro benzene ring substituents is 1. The molecule has 0 bridgehead atoms. The van der Waals surface area contributed by atoms with E-state index < -0.39 is 4.92 Å². The summed E-state index contributed by atoms with van der Waals surface area (Å²) in [5.41, 5.74) is 5.87. The zero-order chi connectivity index (χ0) is 13.1. The van der Waals surface area contributed by atoms with Crippen LogP contribution in [0.5, 0.6) is 5.75 Å². The summed E-state index contributed by atoms with van der Waals surface area (Å²) in [5.74, 6) is 0.322. The number of hydrogen-bond acceptors (Lipinski definition) is 4. The number of nitrogens with two attached hydrogens (primary N) is 1. The Morgan fingerprint density at radius 2 is 2.22 bits per heavy atom. The Bertz CT molecular complexity index is 453. The molecule has 0 heterocycles. The molecule has 0 spiro atoms. The van der Waals surface area contributed by atoms with Crippen LogP contribution in [0.2, 0.25) is 0 Å². The van der Waals surface area contributed by atoms with Crippen LogP contribution in [0.25, 0.3) is 0 Å². The first-order valence-electron chi connectivity index (χ1n) is 5.92. The second kappa shape index (κ2) is 5.67. The summed E-state index contributed by atoms with van der Waals surface area (Å²) in [6.45, 7) is 0. The van der Waals surface area contributed by atoms with Crippen molar-refractivity contribution in [2.24, 2.45) is 5.73 Å². The predicted molar refractivity (Wildman–Crippen MR) is 71.7 cm³/mol. The fourth-order valence-electron chi connectivity index (χ4n) is 2.20. The van der Waals surface area contributed by atoms with Crippen molar-refractivity contribution >= 4 is 21.6 Å². The molecule has 6 heteroatoms. The van der Waals surface area contributed by atoms with E-state index in [0.717, 1.165) is 25.7 Å². The van der Waals surface area contributed by atoms with Crippen LogP contribution in [0.1, 0.15) is 25.7 Å². The summed E-state index contributed by atoms with van der Waals surface area (Å²) in [6.07, 6.45) is 3.65. The molecule has 5 nitrogen and oxygen atoms in total. The van der Waals surface area contributed by atoms with Gasteiger partial charge in [0.15, 0.2) is 5.75 Å². The third-order valence-electron chi connectivity index (χ3n) is 3.08. The Kier molecular flexibility index (Phi) is 4.19. The average Bonchev–Trinajstić information content (AvgIpc) is 2.31. The normalized spacial score (nSPS) is 23.7. The van der Waals surface area contributed by atoms with E-state index in [4.69, 9.17) is 10.5 Å². The van der Waals surface area contributed by atoms with E-state index in [-0.39, 0.29) is 17.8 Å². The monoisotopic (exact) mass is 314 g/mol. The van der Waals surface area contributed by atoms with Gasteiger partial charge in [0, 0.05) is 16.6 Å². The number of benzene rings is 1. The lowest BCUT2D eigenvalue weighted by molar-refractivity contribution is -0.386. The molecule has 98 valence electrons. The lowest BCUT2D eigenvalue weighted by atomic mass is 9.93. The molecule has 18 heavy (non-hydrogen) atoms. The molecule has 2 atom stereocenters. The highest BCUT2D eigenvalue weighted by molar-refractivity contribution is 9.10. The summed E-state index contributed by atoms with van der Waals surface area (Å²) in [6, 6.07) is 4.96. The third kappa shape index (κ3) is 3.20. The van der Waals surface area contributed by atoms with Gasteiger partial charge < -0.3 is 10.5 Å². The molecule has 0 amide bonds.